The highest BCUT2D eigenvalue weighted by molar-refractivity contribution is 6.00. The van der Waals surface area contributed by atoms with Crippen molar-refractivity contribution in [3.05, 3.63) is 60.5 Å². The number of carbonyl (C=O) groups is 2. The van der Waals surface area contributed by atoms with Crippen molar-refractivity contribution in [1.29, 1.82) is 0 Å². The van der Waals surface area contributed by atoms with Gasteiger partial charge < -0.3 is 25.0 Å². The molecule has 0 bridgehead atoms. The number of aryl methyl sites for hydroxylation is 1. The quantitative estimate of drug-likeness (QED) is 0.503. The van der Waals surface area contributed by atoms with Gasteiger partial charge in [-0.05, 0) is 69.3 Å². The Labute approximate surface area is 209 Å². The molecule has 3 amide bonds. The first-order chi connectivity index (χ1) is 17.1. The van der Waals surface area contributed by atoms with Gasteiger partial charge in [-0.15, -0.1) is 0 Å². The lowest BCUT2D eigenvalue weighted by atomic mass is 10.1. The Morgan fingerprint density at radius 3 is 2.42 bits per heavy atom. The third-order valence-electron chi connectivity index (χ3n) is 5.53. The molecule has 2 aromatic carbocycles. The van der Waals surface area contributed by atoms with Crippen molar-refractivity contribution in [3.63, 3.8) is 0 Å². The molecule has 1 aliphatic rings. The van der Waals surface area contributed by atoms with Crippen molar-refractivity contribution in [2.45, 2.75) is 38.9 Å². The Kier molecular flexibility index (Phi) is 7.14. The first-order valence-corrected chi connectivity index (χ1v) is 11.7. The van der Waals surface area contributed by atoms with Gasteiger partial charge in [0.25, 0.3) is 0 Å². The van der Waals surface area contributed by atoms with Crippen LogP contribution < -0.4 is 15.4 Å². The van der Waals surface area contributed by atoms with Crippen LogP contribution in [0.15, 0.2) is 54.7 Å². The van der Waals surface area contributed by atoms with E-state index in [2.05, 4.69) is 15.7 Å². The minimum atomic E-state index is -0.561. The molecule has 9 nitrogen and oxygen atoms in total. The third kappa shape index (κ3) is 6.32. The number of nitrogens with one attached hydrogen (secondary N) is 2. The van der Waals surface area contributed by atoms with Crippen molar-refractivity contribution in [2.75, 3.05) is 23.7 Å². The van der Waals surface area contributed by atoms with Gasteiger partial charge in [0.15, 0.2) is 0 Å². The van der Waals surface area contributed by atoms with Crippen molar-refractivity contribution < 1.29 is 23.5 Å². The summed E-state index contributed by atoms with van der Waals surface area (Å²) in [6, 6.07) is 12.2. The van der Waals surface area contributed by atoms with Gasteiger partial charge in [-0.1, -0.05) is 0 Å². The fourth-order valence-corrected chi connectivity index (χ4v) is 3.87. The van der Waals surface area contributed by atoms with Crippen LogP contribution in [0.2, 0.25) is 0 Å². The average Bonchev–Trinajstić information content (AvgIpc) is 3.44. The summed E-state index contributed by atoms with van der Waals surface area (Å²) < 4.78 is 26.6. The maximum atomic E-state index is 13.1. The zero-order valence-electron chi connectivity index (χ0n) is 20.7. The molecule has 0 aliphatic carbocycles. The number of anilines is 2. The first-order valence-electron chi connectivity index (χ1n) is 11.7. The number of amides is 3. The zero-order chi connectivity index (χ0) is 25.9. The van der Waals surface area contributed by atoms with Crippen LogP contribution in [0, 0.1) is 5.82 Å². The number of urea groups is 1. The molecule has 0 radical (unpaired) electrons. The molecule has 1 aliphatic heterocycles. The maximum Gasteiger partial charge on any atom is 0.410 e. The van der Waals surface area contributed by atoms with Gasteiger partial charge in [-0.25, -0.2) is 14.0 Å². The van der Waals surface area contributed by atoms with E-state index >= 15 is 0 Å². The average molecular weight is 496 g/mol. The Morgan fingerprint density at radius 1 is 1.06 bits per heavy atom. The maximum absolute atomic E-state index is 13.1. The van der Waals surface area contributed by atoms with Gasteiger partial charge >= 0.3 is 12.1 Å². The standard InChI is InChI=1S/C26H30FN5O4/c1-26(2,3)36-25(34)32-14-12-20(16-32)35-23-10-9-19(15-21(23)22-11-13-28-31(22)4)30-24(33)29-18-7-5-17(27)6-8-18/h5-11,13,15,20H,12,14,16H2,1-4H3,(H2,29,30,33)/t20-/m1/s1. The van der Waals surface area contributed by atoms with Crippen molar-refractivity contribution in [2.24, 2.45) is 7.05 Å². The molecule has 3 aromatic rings. The zero-order valence-corrected chi connectivity index (χ0v) is 20.7. The fourth-order valence-electron chi connectivity index (χ4n) is 3.87. The predicted molar refractivity (Wildman–Crippen MR) is 135 cm³/mol. The second-order valence-corrected chi connectivity index (χ2v) is 9.59. The Morgan fingerprint density at radius 2 is 1.75 bits per heavy atom. The van der Waals surface area contributed by atoms with Gasteiger partial charge in [-0.3, -0.25) is 4.68 Å². The second kappa shape index (κ2) is 10.3. The molecule has 1 fully saturated rings. The van der Waals surface area contributed by atoms with Crippen LogP contribution in [0.4, 0.5) is 25.4 Å². The summed E-state index contributed by atoms with van der Waals surface area (Å²) >= 11 is 0. The number of hydrogen-bond donors (Lipinski definition) is 2. The molecule has 1 atom stereocenters. The van der Waals surface area contributed by atoms with Crippen molar-refractivity contribution >= 4 is 23.5 Å². The topological polar surface area (TPSA) is 97.7 Å². The second-order valence-electron chi connectivity index (χ2n) is 9.59. The van der Waals surface area contributed by atoms with E-state index in [9.17, 15) is 14.0 Å². The van der Waals surface area contributed by atoms with E-state index in [1.165, 1.54) is 24.3 Å². The Bertz CT molecular complexity index is 1240. The summed E-state index contributed by atoms with van der Waals surface area (Å²) in [6.45, 7) is 6.48. The summed E-state index contributed by atoms with van der Waals surface area (Å²) in [5.41, 5.74) is 1.99. The van der Waals surface area contributed by atoms with Crippen LogP contribution in [-0.4, -0.2) is 51.6 Å². The number of benzene rings is 2. The SMILES string of the molecule is Cn1nccc1-c1cc(NC(=O)Nc2ccc(F)cc2)ccc1O[C@@H]1CCN(C(=O)OC(C)(C)C)C1. The summed E-state index contributed by atoms with van der Waals surface area (Å²) in [6.07, 6.45) is 1.79. The summed E-state index contributed by atoms with van der Waals surface area (Å²) in [5, 5.41) is 9.72. The summed E-state index contributed by atoms with van der Waals surface area (Å²) in [5.74, 6) is 0.230. The third-order valence-corrected chi connectivity index (χ3v) is 5.53. The molecule has 2 heterocycles. The highest BCUT2D eigenvalue weighted by atomic mass is 19.1. The Hall–Kier alpha value is -4.08. The minimum absolute atomic E-state index is 0.204. The van der Waals surface area contributed by atoms with Gasteiger partial charge in [0.2, 0.25) is 0 Å². The molecule has 2 N–H and O–H groups in total. The van der Waals surface area contributed by atoms with Crippen LogP contribution in [0.5, 0.6) is 5.75 Å². The van der Waals surface area contributed by atoms with Crippen molar-refractivity contribution in [3.8, 4) is 17.0 Å². The lowest BCUT2D eigenvalue weighted by molar-refractivity contribution is 0.0276. The van der Waals surface area contributed by atoms with Crippen LogP contribution in [0.3, 0.4) is 0 Å². The summed E-state index contributed by atoms with van der Waals surface area (Å²) in [4.78, 5) is 26.6. The normalized spacial score (nSPS) is 15.5. The first kappa shape index (κ1) is 25.0. The van der Waals surface area contributed by atoms with Crippen LogP contribution in [-0.2, 0) is 11.8 Å². The highest BCUT2D eigenvalue weighted by Crippen LogP contribution is 2.34. The molecule has 190 valence electrons. The molecule has 0 unspecified atom stereocenters. The van der Waals surface area contributed by atoms with E-state index in [1.54, 1.807) is 34.0 Å². The molecule has 1 saturated heterocycles. The predicted octanol–water partition coefficient (Wildman–Crippen LogP) is 5.26. The van der Waals surface area contributed by atoms with Crippen LogP contribution in [0.1, 0.15) is 27.2 Å². The van der Waals surface area contributed by atoms with Gasteiger partial charge in [0.05, 0.1) is 12.2 Å². The number of hydrogen-bond acceptors (Lipinski definition) is 5. The van der Waals surface area contributed by atoms with Gasteiger partial charge in [0, 0.05) is 43.1 Å². The number of nitrogens with zero attached hydrogens (tertiary/aromatic N) is 3. The lowest BCUT2D eigenvalue weighted by Gasteiger charge is -2.24. The molecule has 0 spiro atoms. The Balaban J connectivity index is 1.48. The van der Waals surface area contributed by atoms with Crippen molar-refractivity contribution in [1.82, 2.24) is 14.7 Å². The van der Waals surface area contributed by atoms with Gasteiger partial charge in [-0.2, -0.15) is 5.10 Å². The van der Waals surface area contributed by atoms with E-state index in [0.29, 0.717) is 36.6 Å². The monoisotopic (exact) mass is 495 g/mol. The lowest BCUT2D eigenvalue weighted by Crippen LogP contribution is -2.36. The molecule has 10 heteroatoms. The summed E-state index contributed by atoms with van der Waals surface area (Å²) in [7, 11) is 1.82. The van der Waals surface area contributed by atoms with Crippen LogP contribution >= 0.6 is 0 Å². The molecular formula is C26H30FN5O4. The number of aromatic nitrogens is 2. The smallest absolute Gasteiger partial charge is 0.410 e. The number of halogens is 1. The van der Waals surface area contributed by atoms with E-state index in [0.717, 1.165) is 11.3 Å². The molecule has 1 aromatic heterocycles. The van der Waals surface area contributed by atoms with E-state index in [4.69, 9.17) is 9.47 Å². The molecular weight excluding hydrogens is 465 g/mol. The van der Waals surface area contributed by atoms with E-state index in [-0.39, 0.29) is 18.0 Å². The number of carbonyl (C=O) groups excluding carboxylic acids is 2. The van der Waals surface area contributed by atoms with Crippen LogP contribution in [0.25, 0.3) is 11.3 Å². The van der Waals surface area contributed by atoms with E-state index in [1.807, 2.05) is 33.9 Å². The fraction of sp³-hybridized carbons (Fsp3) is 0.346. The van der Waals surface area contributed by atoms with E-state index < -0.39 is 11.6 Å². The molecule has 4 rings (SSSR count). The number of ether oxygens (including phenoxy) is 2. The number of rotatable bonds is 5. The largest absolute Gasteiger partial charge is 0.488 e. The number of likely N-dealkylation sites (tertiary alicyclic amines) is 1. The minimum Gasteiger partial charge on any atom is -0.488 e. The molecule has 0 saturated carbocycles. The highest BCUT2D eigenvalue weighted by Gasteiger charge is 2.31. The molecule has 36 heavy (non-hydrogen) atoms. The van der Waals surface area contributed by atoms with Gasteiger partial charge in [0.1, 0.15) is 23.3 Å².